The van der Waals surface area contributed by atoms with Gasteiger partial charge in [0, 0.05) is 26.4 Å². The Bertz CT molecular complexity index is 635. The third-order valence-corrected chi connectivity index (χ3v) is 2.72. The van der Waals surface area contributed by atoms with Crippen LogP contribution in [0.2, 0.25) is 0 Å². The summed E-state index contributed by atoms with van der Waals surface area (Å²) in [7, 11) is 3.27. The number of carbonyl (C=O) groups excluding carboxylic acids is 2. The van der Waals surface area contributed by atoms with E-state index >= 15 is 0 Å². The molecule has 0 saturated carbocycles. The van der Waals surface area contributed by atoms with Crippen LogP contribution in [0.1, 0.15) is 22.8 Å². The monoisotopic (exact) mass is 306 g/mol. The van der Waals surface area contributed by atoms with Crippen molar-refractivity contribution in [2.75, 3.05) is 20.7 Å². The van der Waals surface area contributed by atoms with Crippen LogP contribution >= 0.6 is 0 Å². The molecule has 1 aromatic rings. The maximum atomic E-state index is 12.6. The van der Waals surface area contributed by atoms with E-state index in [1.54, 1.807) is 27.9 Å². The first-order valence-electron chi connectivity index (χ1n) is 6.63. The minimum Gasteiger partial charge on any atom is -0.462 e. The molecule has 0 saturated heterocycles. The van der Waals surface area contributed by atoms with E-state index in [2.05, 4.69) is 0 Å². The van der Waals surface area contributed by atoms with Gasteiger partial charge in [-0.05, 0) is 25.5 Å². The Kier molecular flexibility index (Phi) is 5.80. The Morgan fingerprint density at radius 1 is 1.36 bits per heavy atom. The molecule has 0 aliphatic heterocycles. The van der Waals surface area contributed by atoms with Crippen molar-refractivity contribution in [3.8, 4) is 0 Å². The van der Waals surface area contributed by atoms with Crippen molar-refractivity contribution >= 4 is 17.4 Å². The van der Waals surface area contributed by atoms with E-state index in [4.69, 9.17) is 4.74 Å². The van der Waals surface area contributed by atoms with Crippen molar-refractivity contribution in [3.05, 3.63) is 51.2 Å². The van der Waals surface area contributed by atoms with E-state index in [1.807, 2.05) is 0 Å². The third kappa shape index (κ3) is 4.15. The molecule has 1 aromatic carbocycles. The summed E-state index contributed by atoms with van der Waals surface area (Å²) in [5, 5.41) is 11.1. The summed E-state index contributed by atoms with van der Waals surface area (Å²) in [6, 6.07) is 4.18. The summed E-state index contributed by atoms with van der Waals surface area (Å²) in [5.41, 5.74) is -0.0433. The SMILES string of the molecule is CCOC(=O)/C(=C\N(C)C)C(=O)c1cc(C)ccc1[N+](=O)[O-]. The Morgan fingerprint density at radius 3 is 2.50 bits per heavy atom. The predicted molar refractivity (Wildman–Crippen MR) is 80.6 cm³/mol. The maximum absolute atomic E-state index is 12.6. The minimum absolute atomic E-state index is 0.104. The molecule has 0 unspecified atom stereocenters. The zero-order chi connectivity index (χ0) is 16.9. The van der Waals surface area contributed by atoms with Gasteiger partial charge in [-0.15, -0.1) is 0 Å². The molecule has 118 valence electrons. The van der Waals surface area contributed by atoms with Gasteiger partial charge in [-0.1, -0.05) is 6.07 Å². The molecule has 7 heteroatoms. The summed E-state index contributed by atoms with van der Waals surface area (Å²) in [5.74, 6) is -1.54. The fraction of sp³-hybridized carbons (Fsp3) is 0.333. The smallest absolute Gasteiger partial charge is 0.343 e. The number of nitro benzene ring substituents is 1. The number of Topliss-reactive ketones (excluding diaryl/α,β-unsaturated/α-hetero) is 1. The van der Waals surface area contributed by atoms with Crippen molar-refractivity contribution < 1.29 is 19.2 Å². The van der Waals surface area contributed by atoms with Crippen LogP contribution < -0.4 is 0 Å². The number of esters is 1. The quantitative estimate of drug-likeness (QED) is 0.152. The Labute approximate surface area is 128 Å². The topological polar surface area (TPSA) is 89.8 Å². The number of nitrogens with zero attached hydrogens (tertiary/aromatic N) is 2. The van der Waals surface area contributed by atoms with Crippen LogP contribution in [0, 0.1) is 17.0 Å². The van der Waals surface area contributed by atoms with Crippen LogP contribution in [0.25, 0.3) is 0 Å². The van der Waals surface area contributed by atoms with Gasteiger partial charge in [-0.25, -0.2) is 4.79 Å². The van der Waals surface area contributed by atoms with Crippen molar-refractivity contribution in [3.63, 3.8) is 0 Å². The summed E-state index contributed by atoms with van der Waals surface area (Å²) in [6.45, 7) is 3.43. The maximum Gasteiger partial charge on any atom is 0.343 e. The summed E-state index contributed by atoms with van der Waals surface area (Å²) >= 11 is 0. The number of hydrogen-bond acceptors (Lipinski definition) is 6. The number of hydrogen-bond donors (Lipinski definition) is 0. The van der Waals surface area contributed by atoms with Gasteiger partial charge in [0.05, 0.1) is 11.5 Å². The average Bonchev–Trinajstić information content (AvgIpc) is 2.43. The summed E-state index contributed by atoms with van der Waals surface area (Å²) in [6.07, 6.45) is 1.30. The van der Waals surface area contributed by atoms with Gasteiger partial charge in [-0.2, -0.15) is 0 Å². The van der Waals surface area contributed by atoms with E-state index in [0.29, 0.717) is 5.56 Å². The zero-order valence-electron chi connectivity index (χ0n) is 13.0. The summed E-state index contributed by atoms with van der Waals surface area (Å²) < 4.78 is 4.85. The van der Waals surface area contributed by atoms with E-state index in [0.717, 1.165) is 0 Å². The van der Waals surface area contributed by atoms with E-state index in [1.165, 1.54) is 29.3 Å². The first-order valence-corrected chi connectivity index (χ1v) is 6.63. The van der Waals surface area contributed by atoms with Crippen LogP contribution in [0.4, 0.5) is 5.69 Å². The molecule has 7 nitrogen and oxygen atoms in total. The van der Waals surface area contributed by atoms with Crippen LogP contribution in [-0.2, 0) is 9.53 Å². The van der Waals surface area contributed by atoms with Crippen LogP contribution in [0.15, 0.2) is 30.0 Å². The number of nitro groups is 1. The van der Waals surface area contributed by atoms with Crippen molar-refractivity contribution in [2.45, 2.75) is 13.8 Å². The molecule has 0 fully saturated rings. The molecule has 0 spiro atoms. The second-order valence-electron chi connectivity index (χ2n) is 4.83. The van der Waals surface area contributed by atoms with Gasteiger partial charge in [0.15, 0.2) is 0 Å². The van der Waals surface area contributed by atoms with Gasteiger partial charge >= 0.3 is 5.97 Å². The first kappa shape index (κ1) is 17.4. The highest BCUT2D eigenvalue weighted by molar-refractivity contribution is 6.25. The molecule has 0 heterocycles. The van der Waals surface area contributed by atoms with E-state index in [-0.39, 0.29) is 23.4 Å². The van der Waals surface area contributed by atoms with Crippen LogP contribution in [0.3, 0.4) is 0 Å². The number of benzene rings is 1. The van der Waals surface area contributed by atoms with Gasteiger partial charge in [0.1, 0.15) is 11.1 Å². The lowest BCUT2D eigenvalue weighted by atomic mass is 10.00. The van der Waals surface area contributed by atoms with Crippen LogP contribution in [0.5, 0.6) is 0 Å². The normalized spacial score (nSPS) is 11.0. The van der Waals surface area contributed by atoms with Crippen molar-refractivity contribution in [1.29, 1.82) is 0 Å². The zero-order valence-corrected chi connectivity index (χ0v) is 13.0. The van der Waals surface area contributed by atoms with E-state index in [9.17, 15) is 19.7 Å². The molecule has 0 radical (unpaired) electrons. The molecule has 1 rings (SSSR count). The fourth-order valence-electron chi connectivity index (χ4n) is 1.81. The van der Waals surface area contributed by atoms with Gasteiger partial charge in [0.25, 0.3) is 5.69 Å². The molecule has 0 atom stereocenters. The summed E-state index contributed by atoms with van der Waals surface area (Å²) in [4.78, 5) is 36.5. The molecule has 0 aliphatic carbocycles. The molecule has 0 N–H and O–H groups in total. The van der Waals surface area contributed by atoms with Gasteiger partial charge in [0.2, 0.25) is 5.78 Å². The lowest BCUT2D eigenvalue weighted by Gasteiger charge is -2.11. The van der Waals surface area contributed by atoms with Crippen molar-refractivity contribution in [1.82, 2.24) is 4.90 Å². The second-order valence-corrected chi connectivity index (χ2v) is 4.83. The highest BCUT2D eigenvalue weighted by Crippen LogP contribution is 2.23. The molecular weight excluding hydrogens is 288 g/mol. The number of carbonyl (C=O) groups is 2. The fourth-order valence-corrected chi connectivity index (χ4v) is 1.81. The molecule has 0 amide bonds. The molecule has 22 heavy (non-hydrogen) atoms. The number of rotatable bonds is 6. The number of ether oxygens (including phenoxy) is 1. The highest BCUT2D eigenvalue weighted by Gasteiger charge is 2.28. The van der Waals surface area contributed by atoms with Crippen molar-refractivity contribution in [2.24, 2.45) is 0 Å². The molecular formula is C15H18N2O5. The third-order valence-electron chi connectivity index (χ3n) is 2.72. The number of ketones is 1. The van der Waals surface area contributed by atoms with Gasteiger partial charge in [-0.3, -0.25) is 14.9 Å². The lowest BCUT2D eigenvalue weighted by Crippen LogP contribution is -2.20. The standard InChI is InChI=1S/C15H18N2O5/c1-5-22-15(19)12(9-16(3)4)14(18)11-8-10(2)6-7-13(11)17(20)21/h6-9H,5H2,1-4H3/b12-9-. The largest absolute Gasteiger partial charge is 0.462 e. The lowest BCUT2D eigenvalue weighted by molar-refractivity contribution is -0.385. The molecule has 0 bridgehead atoms. The highest BCUT2D eigenvalue weighted by atomic mass is 16.6. The Morgan fingerprint density at radius 2 is 2.00 bits per heavy atom. The molecule has 0 aromatic heterocycles. The Hall–Kier alpha value is -2.70. The van der Waals surface area contributed by atoms with E-state index < -0.39 is 16.7 Å². The average molecular weight is 306 g/mol. The Balaban J connectivity index is 3.40. The van der Waals surface area contributed by atoms with Crippen LogP contribution in [-0.4, -0.2) is 42.3 Å². The number of aryl methyl sites for hydroxylation is 1. The minimum atomic E-state index is -0.808. The predicted octanol–water partition coefficient (Wildman–Crippen LogP) is 2.09. The second kappa shape index (κ2) is 7.35. The van der Waals surface area contributed by atoms with Gasteiger partial charge < -0.3 is 9.64 Å². The first-order chi connectivity index (χ1) is 10.3. The molecule has 0 aliphatic rings.